The summed E-state index contributed by atoms with van der Waals surface area (Å²) in [5.41, 5.74) is 2.91. The van der Waals surface area contributed by atoms with Crippen molar-refractivity contribution in [2.24, 2.45) is 0 Å². The lowest BCUT2D eigenvalue weighted by molar-refractivity contribution is -0.175. The number of carbonyl (C=O) groups is 5. The summed E-state index contributed by atoms with van der Waals surface area (Å²) in [6, 6.07) is 10.9. The van der Waals surface area contributed by atoms with Crippen molar-refractivity contribution in [1.29, 1.82) is 0 Å². The number of hydrogen-bond acceptors (Lipinski definition) is 19. The van der Waals surface area contributed by atoms with Gasteiger partial charge in [0.25, 0.3) is 5.56 Å². The van der Waals surface area contributed by atoms with E-state index in [1.807, 2.05) is 20.8 Å². The van der Waals surface area contributed by atoms with Gasteiger partial charge < -0.3 is 68.4 Å². The fraction of sp³-hybridized carbons (Fsp3) is 0.471. The second-order valence-corrected chi connectivity index (χ2v) is 18.6. The summed E-state index contributed by atoms with van der Waals surface area (Å²) in [6.45, 7) is 5.49. The zero-order valence-electron chi connectivity index (χ0n) is 43.3. The number of hydrogen-bond donors (Lipinski definition) is 5. The van der Waals surface area contributed by atoms with Crippen molar-refractivity contribution in [2.45, 2.75) is 91.6 Å². The van der Waals surface area contributed by atoms with Crippen LogP contribution in [0.2, 0.25) is 0 Å². The predicted octanol–water partition coefficient (Wildman–Crippen LogP) is 2.90. The van der Waals surface area contributed by atoms with Crippen LogP contribution >= 0.6 is 0 Å². The molecule has 0 radical (unpaired) electrons. The molecule has 2 aliphatic heterocycles. The monoisotopic (exact) mass is 1070 g/mol. The molecule has 75 heavy (non-hydrogen) atoms. The quantitative estimate of drug-likeness (QED) is 0.0232. The van der Waals surface area contributed by atoms with E-state index in [9.17, 15) is 47.4 Å². The van der Waals surface area contributed by atoms with Crippen molar-refractivity contribution in [3.8, 4) is 41.0 Å². The van der Waals surface area contributed by atoms with Gasteiger partial charge in [0.15, 0.2) is 6.73 Å². The number of pyridine rings is 2. The standard InChI is InChI=1S/C47H53N5O16S.C2H6.2CH4O/c1-6-14-63-15-12-43(58)50(4)23-42(57)48-38-17-29(8-11-41(38)68-44-19-30(55)18-32(24-53)67-44)25-65-47(60)51(13-16-69(5,61)62)27-66-31-9-10-37-34(20-31)33(7-2)35-22-52-39(45(35)49-37)21-40(56)36(46(52)59)26-64-28(3)54;3*1-2/h1,8-11,17,20-21,24,30,32,44,55-56H,7,12-16,18-19,22-23,25-27H2,2-5H3,(H,48,57);1-2H3;2*2H,1H3. The predicted molar refractivity (Wildman–Crippen MR) is 274 cm³/mol. The van der Waals surface area contributed by atoms with Gasteiger partial charge >= 0.3 is 12.1 Å². The molecule has 0 spiro atoms. The van der Waals surface area contributed by atoms with Gasteiger partial charge in [-0.2, -0.15) is 0 Å². The number of aromatic nitrogens is 2. The molecule has 3 unspecified atom stereocenters. The summed E-state index contributed by atoms with van der Waals surface area (Å²) in [7, 11) is -0.130. The van der Waals surface area contributed by atoms with Crippen LogP contribution in [-0.4, -0.2) is 163 Å². The molecule has 0 saturated carbocycles. The number of esters is 1. The van der Waals surface area contributed by atoms with Crippen molar-refractivity contribution in [3.05, 3.63) is 75.1 Å². The number of aliphatic hydroxyl groups excluding tert-OH is 3. The lowest BCUT2D eigenvalue weighted by Gasteiger charge is -2.31. The number of nitrogens with zero attached hydrogens (tertiary/aromatic N) is 4. The summed E-state index contributed by atoms with van der Waals surface area (Å²) < 4.78 is 59.4. The number of sulfone groups is 1. The van der Waals surface area contributed by atoms with Gasteiger partial charge in [0.05, 0.1) is 66.1 Å². The van der Waals surface area contributed by atoms with E-state index in [0.717, 1.165) is 36.5 Å². The smallest absolute Gasteiger partial charge is 0.412 e. The van der Waals surface area contributed by atoms with Gasteiger partial charge in [0.1, 0.15) is 59.3 Å². The van der Waals surface area contributed by atoms with Gasteiger partial charge in [-0.15, -0.1) is 6.42 Å². The number of nitrogens with one attached hydrogen (secondary N) is 1. The van der Waals surface area contributed by atoms with Crippen molar-refractivity contribution >= 4 is 56.6 Å². The number of aryl methyl sites for hydroxylation is 1. The van der Waals surface area contributed by atoms with Crippen molar-refractivity contribution in [1.82, 2.24) is 19.4 Å². The van der Waals surface area contributed by atoms with E-state index in [-0.39, 0.29) is 87.4 Å². The van der Waals surface area contributed by atoms with Crippen molar-refractivity contribution < 1.29 is 81.2 Å². The first-order chi connectivity index (χ1) is 35.9. The Morgan fingerprint density at radius 3 is 2.40 bits per heavy atom. The molecule has 3 atom stereocenters. The number of benzene rings is 2. The van der Waals surface area contributed by atoms with E-state index in [1.54, 1.807) is 18.2 Å². The third-order valence-corrected chi connectivity index (χ3v) is 12.0. The zero-order valence-corrected chi connectivity index (χ0v) is 44.1. The maximum atomic E-state index is 13.7. The number of aldehydes is 1. The molecule has 2 aromatic heterocycles. The molecule has 0 bridgehead atoms. The molecule has 4 aromatic rings. The summed E-state index contributed by atoms with van der Waals surface area (Å²) in [5, 5.41) is 38.4. The number of likely N-dealkylation sites (N-methyl/N-ethyl adjacent to an activating group) is 1. The van der Waals surface area contributed by atoms with E-state index < -0.39 is 71.0 Å². The van der Waals surface area contributed by atoms with Crippen LogP contribution < -0.4 is 20.3 Å². The van der Waals surface area contributed by atoms with Gasteiger partial charge in [-0.3, -0.25) is 24.1 Å². The highest BCUT2D eigenvalue weighted by Crippen LogP contribution is 2.38. The first kappa shape index (κ1) is 62.2. The number of rotatable bonds is 21. The Kier molecular flexibility index (Phi) is 25.1. The van der Waals surface area contributed by atoms with Crippen LogP contribution in [0.15, 0.2) is 47.3 Å². The van der Waals surface area contributed by atoms with Crippen LogP contribution in [0.25, 0.3) is 22.3 Å². The number of amides is 3. The lowest BCUT2D eigenvalue weighted by Crippen LogP contribution is -2.39. The van der Waals surface area contributed by atoms with E-state index in [4.69, 9.17) is 50.0 Å². The van der Waals surface area contributed by atoms with Crippen molar-refractivity contribution in [3.63, 3.8) is 0 Å². The molecular formula is C51H67N5O18S. The highest BCUT2D eigenvalue weighted by molar-refractivity contribution is 7.90. The molecule has 6 rings (SSSR count). The molecule has 4 heterocycles. The largest absolute Gasteiger partial charge is 0.507 e. The summed E-state index contributed by atoms with van der Waals surface area (Å²) in [5.74, 6) is 0.325. The van der Waals surface area contributed by atoms with Crippen LogP contribution in [0.3, 0.4) is 0 Å². The van der Waals surface area contributed by atoms with Gasteiger partial charge in [0, 0.05) is 70.8 Å². The highest BCUT2D eigenvalue weighted by Gasteiger charge is 2.31. The average Bonchev–Trinajstić information content (AvgIpc) is 3.75. The van der Waals surface area contributed by atoms with Gasteiger partial charge in [-0.1, -0.05) is 32.8 Å². The highest BCUT2D eigenvalue weighted by atomic mass is 32.2. The number of carbonyl (C=O) groups excluding carboxylic acids is 5. The summed E-state index contributed by atoms with van der Waals surface area (Å²) >= 11 is 0. The van der Waals surface area contributed by atoms with E-state index >= 15 is 0 Å². The number of fused-ring (bicyclic) bond motifs is 4. The molecule has 410 valence electrons. The zero-order chi connectivity index (χ0) is 56.0. The first-order valence-electron chi connectivity index (χ1n) is 23.7. The second-order valence-electron chi connectivity index (χ2n) is 16.4. The fourth-order valence-electron chi connectivity index (χ4n) is 7.63. The van der Waals surface area contributed by atoms with Crippen LogP contribution in [0.1, 0.15) is 69.2 Å². The maximum absolute atomic E-state index is 13.7. The third-order valence-electron chi connectivity index (χ3n) is 11.1. The molecule has 5 N–H and O–H groups in total. The average molecular weight is 1070 g/mol. The minimum Gasteiger partial charge on any atom is -0.507 e. The number of aliphatic hydroxyl groups is 3. The minimum atomic E-state index is -3.56. The van der Waals surface area contributed by atoms with Crippen LogP contribution in [-0.2, 0) is 74.1 Å². The molecule has 23 nitrogen and oxygen atoms in total. The first-order valence-corrected chi connectivity index (χ1v) is 25.7. The van der Waals surface area contributed by atoms with E-state index in [0.29, 0.717) is 46.3 Å². The normalized spacial score (nSPS) is 15.0. The Balaban J connectivity index is 0.00000238. The molecular weight excluding hydrogens is 1000 g/mol. The summed E-state index contributed by atoms with van der Waals surface area (Å²) in [4.78, 5) is 82.9. The van der Waals surface area contributed by atoms with E-state index in [1.165, 1.54) is 47.7 Å². The minimum absolute atomic E-state index is 0.0185. The number of terminal acetylenes is 1. The molecule has 1 saturated heterocycles. The number of aromatic hydroxyl groups is 1. The molecule has 2 aliphatic rings. The van der Waals surface area contributed by atoms with Gasteiger partial charge in [0.2, 0.25) is 18.1 Å². The number of anilines is 1. The fourth-order valence-corrected chi connectivity index (χ4v) is 8.19. The van der Waals surface area contributed by atoms with Crippen molar-refractivity contribution in [2.75, 3.05) is 71.6 Å². The lowest BCUT2D eigenvalue weighted by atomic mass is 9.98. The van der Waals surface area contributed by atoms with Crippen LogP contribution in [0.4, 0.5) is 10.5 Å². The molecule has 2 aromatic carbocycles. The maximum Gasteiger partial charge on any atom is 0.412 e. The van der Waals surface area contributed by atoms with Gasteiger partial charge in [-0.25, -0.2) is 18.2 Å². The molecule has 24 heteroatoms. The Bertz CT molecular complexity index is 2830. The molecule has 1 fully saturated rings. The molecule has 0 aliphatic carbocycles. The Morgan fingerprint density at radius 1 is 1.03 bits per heavy atom. The second kappa shape index (κ2) is 30.3. The van der Waals surface area contributed by atoms with E-state index in [2.05, 4.69) is 11.2 Å². The van der Waals surface area contributed by atoms with Gasteiger partial charge in [-0.05, 0) is 47.9 Å². The molecule has 3 amide bonds. The van der Waals surface area contributed by atoms with Crippen LogP contribution in [0.5, 0.6) is 17.2 Å². The summed E-state index contributed by atoms with van der Waals surface area (Å²) in [6.07, 6.45) is 3.50. The van der Waals surface area contributed by atoms with Crippen LogP contribution in [0, 0.1) is 12.3 Å². The Labute approximate surface area is 435 Å². The Morgan fingerprint density at radius 2 is 1.75 bits per heavy atom. The Hall–Kier alpha value is -7.14. The third kappa shape index (κ3) is 17.8. The SMILES string of the molecule is C#CCOCCC(=O)N(C)CC(=O)Nc1cc(COC(=O)N(CCS(C)(=O)=O)COc2ccc3nc4c(c(CC)c3c2)Cn2c-4cc(O)c(COC(C)=O)c2=O)ccc1OC1CC(O)CC(C=O)O1.CC.CO.CO. The topological polar surface area (TPSA) is 309 Å². The number of ether oxygens (including phenoxy) is 6.